The van der Waals surface area contributed by atoms with Crippen LogP contribution in [0.5, 0.6) is 11.5 Å². The van der Waals surface area contributed by atoms with E-state index < -0.39 is 0 Å². The summed E-state index contributed by atoms with van der Waals surface area (Å²) in [5.41, 5.74) is 2.62. The first-order chi connectivity index (χ1) is 10.6. The molecule has 1 aliphatic heterocycles. The van der Waals surface area contributed by atoms with Crippen molar-refractivity contribution in [1.82, 2.24) is 5.32 Å². The fraction of sp³-hybridized carbons (Fsp3) is 0.235. The van der Waals surface area contributed by atoms with Crippen LogP contribution in [0.1, 0.15) is 21.5 Å². The van der Waals surface area contributed by atoms with Crippen molar-refractivity contribution in [3.63, 3.8) is 0 Å². The second-order valence-corrected chi connectivity index (χ2v) is 5.56. The van der Waals surface area contributed by atoms with E-state index in [-0.39, 0.29) is 5.91 Å². The van der Waals surface area contributed by atoms with Crippen molar-refractivity contribution in [2.75, 3.05) is 13.2 Å². The van der Waals surface area contributed by atoms with Crippen LogP contribution in [0.25, 0.3) is 0 Å². The van der Waals surface area contributed by atoms with Crippen molar-refractivity contribution in [3.05, 3.63) is 58.1 Å². The summed E-state index contributed by atoms with van der Waals surface area (Å²) in [4.78, 5) is 12.1. The standard InChI is InChI=1S/C17H16ClNO3/c1-11-2-4-13(5-3-11)17(20)19-10-12-8-14(18)16-15(9-12)21-6-7-22-16/h2-5,8-9H,6-7,10H2,1H3,(H,19,20). The summed E-state index contributed by atoms with van der Waals surface area (Å²) in [7, 11) is 0. The molecule has 0 spiro atoms. The van der Waals surface area contributed by atoms with Crippen LogP contribution in [0.3, 0.4) is 0 Å². The molecule has 1 heterocycles. The maximum atomic E-state index is 12.1. The molecule has 0 radical (unpaired) electrons. The summed E-state index contributed by atoms with van der Waals surface area (Å²) >= 11 is 6.18. The number of amides is 1. The SMILES string of the molecule is Cc1ccc(C(=O)NCc2cc(Cl)c3c(c2)OCCO3)cc1. The molecule has 0 fully saturated rings. The van der Waals surface area contributed by atoms with Gasteiger partial charge in [-0.3, -0.25) is 4.79 Å². The molecule has 0 bridgehead atoms. The Kier molecular flexibility index (Phi) is 4.20. The van der Waals surface area contributed by atoms with Crippen molar-refractivity contribution in [2.24, 2.45) is 0 Å². The number of carbonyl (C=O) groups excluding carboxylic acids is 1. The highest BCUT2D eigenvalue weighted by Gasteiger charge is 2.17. The lowest BCUT2D eigenvalue weighted by atomic mass is 10.1. The number of ether oxygens (including phenoxy) is 2. The van der Waals surface area contributed by atoms with E-state index in [0.717, 1.165) is 11.1 Å². The Bertz CT molecular complexity index is 698. The van der Waals surface area contributed by atoms with Crippen LogP contribution in [-0.2, 0) is 6.54 Å². The molecule has 2 aromatic carbocycles. The third-order valence-electron chi connectivity index (χ3n) is 3.42. The number of nitrogens with one attached hydrogen (secondary N) is 1. The topological polar surface area (TPSA) is 47.6 Å². The van der Waals surface area contributed by atoms with Crippen molar-refractivity contribution in [1.29, 1.82) is 0 Å². The van der Waals surface area contributed by atoms with Gasteiger partial charge in [-0.05, 0) is 36.8 Å². The molecule has 1 amide bonds. The van der Waals surface area contributed by atoms with E-state index in [2.05, 4.69) is 5.32 Å². The normalized spacial score (nSPS) is 12.8. The van der Waals surface area contributed by atoms with Gasteiger partial charge in [-0.15, -0.1) is 0 Å². The van der Waals surface area contributed by atoms with Gasteiger partial charge < -0.3 is 14.8 Å². The zero-order chi connectivity index (χ0) is 15.5. The Morgan fingerprint density at radius 1 is 1.18 bits per heavy atom. The molecule has 0 saturated heterocycles. The lowest BCUT2D eigenvalue weighted by Gasteiger charge is -2.20. The number of fused-ring (bicyclic) bond motifs is 1. The summed E-state index contributed by atoms with van der Waals surface area (Å²) in [6.07, 6.45) is 0. The van der Waals surface area contributed by atoms with Crippen molar-refractivity contribution >= 4 is 17.5 Å². The second-order valence-electron chi connectivity index (χ2n) is 5.15. The van der Waals surface area contributed by atoms with Gasteiger partial charge in [-0.1, -0.05) is 29.3 Å². The number of benzene rings is 2. The fourth-order valence-corrected chi connectivity index (χ4v) is 2.54. The van der Waals surface area contributed by atoms with Crippen LogP contribution in [0.4, 0.5) is 0 Å². The van der Waals surface area contributed by atoms with Gasteiger partial charge in [0, 0.05) is 12.1 Å². The maximum absolute atomic E-state index is 12.1. The van der Waals surface area contributed by atoms with Crippen LogP contribution >= 0.6 is 11.6 Å². The average Bonchev–Trinajstić information content (AvgIpc) is 2.53. The molecule has 0 unspecified atom stereocenters. The second kappa shape index (κ2) is 6.28. The Balaban J connectivity index is 1.70. The molecular weight excluding hydrogens is 302 g/mol. The van der Waals surface area contributed by atoms with E-state index in [1.54, 1.807) is 18.2 Å². The highest BCUT2D eigenvalue weighted by Crippen LogP contribution is 2.38. The van der Waals surface area contributed by atoms with Gasteiger partial charge in [0.1, 0.15) is 13.2 Å². The predicted octanol–water partition coefficient (Wildman–Crippen LogP) is 3.35. The van der Waals surface area contributed by atoms with Crippen molar-refractivity contribution in [2.45, 2.75) is 13.5 Å². The highest BCUT2D eigenvalue weighted by molar-refractivity contribution is 6.32. The number of rotatable bonds is 3. The molecule has 114 valence electrons. The van der Waals surface area contributed by atoms with Crippen molar-refractivity contribution in [3.8, 4) is 11.5 Å². The Morgan fingerprint density at radius 2 is 1.91 bits per heavy atom. The Hall–Kier alpha value is -2.20. The largest absolute Gasteiger partial charge is 0.486 e. The van der Waals surface area contributed by atoms with Gasteiger partial charge in [0.2, 0.25) is 0 Å². The van der Waals surface area contributed by atoms with Crippen LogP contribution in [0.2, 0.25) is 5.02 Å². The van der Waals surface area contributed by atoms with Gasteiger partial charge in [-0.25, -0.2) is 0 Å². The molecule has 3 rings (SSSR count). The number of carbonyl (C=O) groups is 1. The van der Waals surface area contributed by atoms with Crippen LogP contribution in [0, 0.1) is 6.92 Å². The van der Waals surface area contributed by atoms with Crippen LogP contribution < -0.4 is 14.8 Å². The summed E-state index contributed by atoms with van der Waals surface area (Å²) in [6, 6.07) is 11.1. The minimum Gasteiger partial charge on any atom is -0.486 e. The fourth-order valence-electron chi connectivity index (χ4n) is 2.26. The molecule has 1 aliphatic rings. The maximum Gasteiger partial charge on any atom is 0.251 e. The molecule has 0 atom stereocenters. The minimum atomic E-state index is -0.119. The van der Waals surface area contributed by atoms with Gasteiger partial charge in [-0.2, -0.15) is 0 Å². The average molecular weight is 318 g/mol. The minimum absolute atomic E-state index is 0.119. The quantitative estimate of drug-likeness (QED) is 0.944. The van der Waals surface area contributed by atoms with E-state index in [0.29, 0.717) is 41.8 Å². The Labute approximate surface area is 134 Å². The number of halogens is 1. The zero-order valence-corrected chi connectivity index (χ0v) is 12.9. The molecule has 2 aromatic rings. The molecule has 22 heavy (non-hydrogen) atoms. The molecule has 0 aliphatic carbocycles. The zero-order valence-electron chi connectivity index (χ0n) is 12.2. The van der Waals surface area contributed by atoms with Crippen LogP contribution in [0.15, 0.2) is 36.4 Å². The number of aryl methyl sites for hydroxylation is 1. The van der Waals surface area contributed by atoms with Crippen molar-refractivity contribution < 1.29 is 14.3 Å². The highest BCUT2D eigenvalue weighted by atomic mass is 35.5. The molecular formula is C17H16ClNO3. The molecule has 0 saturated carbocycles. The third kappa shape index (κ3) is 3.17. The summed E-state index contributed by atoms with van der Waals surface area (Å²) in [5, 5.41) is 3.37. The summed E-state index contributed by atoms with van der Waals surface area (Å²) < 4.78 is 11.0. The van der Waals surface area contributed by atoms with E-state index in [1.807, 2.05) is 25.1 Å². The Morgan fingerprint density at radius 3 is 2.68 bits per heavy atom. The summed E-state index contributed by atoms with van der Waals surface area (Å²) in [6.45, 7) is 3.36. The first-order valence-electron chi connectivity index (χ1n) is 7.06. The van der Waals surface area contributed by atoms with E-state index in [4.69, 9.17) is 21.1 Å². The molecule has 0 aromatic heterocycles. The number of hydrogen-bond acceptors (Lipinski definition) is 3. The molecule has 1 N–H and O–H groups in total. The predicted molar refractivity (Wildman–Crippen MR) is 84.8 cm³/mol. The van der Waals surface area contributed by atoms with Gasteiger partial charge in [0.05, 0.1) is 5.02 Å². The van der Waals surface area contributed by atoms with Crippen LogP contribution in [-0.4, -0.2) is 19.1 Å². The monoisotopic (exact) mass is 317 g/mol. The van der Waals surface area contributed by atoms with E-state index in [1.165, 1.54) is 0 Å². The third-order valence-corrected chi connectivity index (χ3v) is 3.70. The van der Waals surface area contributed by atoms with E-state index in [9.17, 15) is 4.79 Å². The van der Waals surface area contributed by atoms with Gasteiger partial charge in [0.15, 0.2) is 11.5 Å². The lowest BCUT2D eigenvalue weighted by Crippen LogP contribution is -2.23. The van der Waals surface area contributed by atoms with E-state index >= 15 is 0 Å². The van der Waals surface area contributed by atoms with Gasteiger partial charge in [0.25, 0.3) is 5.91 Å². The summed E-state index contributed by atoms with van der Waals surface area (Å²) in [5.74, 6) is 1.07. The number of hydrogen-bond donors (Lipinski definition) is 1. The smallest absolute Gasteiger partial charge is 0.251 e. The van der Waals surface area contributed by atoms with Gasteiger partial charge >= 0.3 is 0 Å². The molecule has 4 nitrogen and oxygen atoms in total. The first-order valence-corrected chi connectivity index (χ1v) is 7.44. The molecule has 5 heteroatoms. The lowest BCUT2D eigenvalue weighted by molar-refractivity contribution is 0.0951. The first kappa shape index (κ1) is 14.7.